The minimum Gasteiger partial charge on any atom is -0.433 e. The first-order valence-electron chi connectivity index (χ1n) is 7.83. The fourth-order valence-corrected chi connectivity index (χ4v) is 3.03. The standard InChI is InChI=1S/C18H18F2N2O3/c1-10-5-4-8-14(25-17(19)20)15(10)21-18(24)22-16-12-7-3-2-6-11(12)9-13(16)23/h2-8,13,16-17,23H,9H2,1H3,(H2,21,22,24)/t13-,16+/m0/s1. The van der Waals surface area contributed by atoms with Crippen LogP contribution in [0.3, 0.4) is 0 Å². The molecule has 1 aliphatic rings. The van der Waals surface area contributed by atoms with Gasteiger partial charge >= 0.3 is 12.6 Å². The Balaban J connectivity index is 1.76. The second-order valence-corrected chi connectivity index (χ2v) is 5.87. The van der Waals surface area contributed by atoms with Crippen LogP contribution in [0.1, 0.15) is 22.7 Å². The van der Waals surface area contributed by atoms with Crippen LogP contribution in [-0.4, -0.2) is 23.9 Å². The number of para-hydroxylation sites is 1. The van der Waals surface area contributed by atoms with Crippen molar-refractivity contribution in [2.45, 2.75) is 32.1 Å². The molecule has 7 heteroatoms. The maximum Gasteiger partial charge on any atom is 0.387 e. The van der Waals surface area contributed by atoms with Gasteiger partial charge in [-0.15, -0.1) is 0 Å². The zero-order chi connectivity index (χ0) is 18.0. The van der Waals surface area contributed by atoms with Crippen molar-refractivity contribution in [2.75, 3.05) is 5.32 Å². The van der Waals surface area contributed by atoms with Crippen molar-refractivity contribution in [1.29, 1.82) is 0 Å². The first kappa shape index (κ1) is 17.2. The van der Waals surface area contributed by atoms with E-state index in [-0.39, 0.29) is 11.4 Å². The average molecular weight is 348 g/mol. The molecule has 2 atom stereocenters. The molecule has 5 nitrogen and oxygen atoms in total. The number of nitrogens with one attached hydrogen (secondary N) is 2. The summed E-state index contributed by atoms with van der Waals surface area (Å²) in [5.74, 6) is -0.113. The molecule has 0 fully saturated rings. The molecule has 1 aliphatic carbocycles. The lowest BCUT2D eigenvalue weighted by Gasteiger charge is -2.20. The molecule has 2 aromatic rings. The van der Waals surface area contributed by atoms with Crippen LogP contribution in [-0.2, 0) is 6.42 Å². The van der Waals surface area contributed by atoms with E-state index in [0.717, 1.165) is 11.1 Å². The van der Waals surface area contributed by atoms with Gasteiger partial charge in [-0.2, -0.15) is 8.78 Å². The number of aryl methyl sites for hydroxylation is 1. The summed E-state index contributed by atoms with van der Waals surface area (Å²) in [5.41, 5.74) is 2.57. The number of amides is 2. The van der Waals surface area contributed by atoms with Crippen molar-refractivity contribution in [2.24, 2.45) is 0 Å². The largest absolute Gasteiger partial charge is 0.433 e. The number of fused-ring (bicyclic) bond motifs is 1. The van der Waals surface area contributed by atoms with Crippen LogP contribution in [0.2, 0.25) is 0 Å². The van der Waals surface area contributed by atoms with Gasteiger partial charge in [-0.05, 0) is 29.7 Å². The smallest absolute Gasteiger partial charge is 0.387 e. The number of urea groups is 1. The molecule has 0 spiro atoms. The lowest BCUT2D eigenvalue weighted by Crippen LogP contribution is -2.37. The Bertz CT molecular complexity index is 783. The Hall–Kier alpha value is -2.67. The second kappa shape index (κ2) is 7.06. The molecule has 0 radical (unpaired) electrons. The topological polar surface area (TPSA) is 70.6 Å². The molecular weight excluding hydrogens is 330 g/mol. The van der Waals surface area contributed by atoms with Crippen molar-refractivity contribution in [3.63, 3.8) is 0 Å². The first-order valence-corrected chi connectivity index (χ1v) is 7.83. The molecule has 0 aromatic heterocycles. The molecule has 3 rings (SSSR count). The molecule has 0 heterocycles. The summed E-state index contributed by atoms with van der Waals surface area (Å²) in [6.45, 7) is -1.32. The van der Waals surface area contributed by atoms with E-state index in [4.69, 9.17) is 0 Å². The zero-order valence-electron chi connectivity index (χ0n) is 13.5. The predicted octanol–water partition coefficient (Wildman–Crippen LogP) is 3.38. The Morgan fingerprint density at radius 3 is 2.76 bits per heavy atom. The van der Waals surface area contributed by atoms with Crippen LogP contribution < -0.4 is 15.4 Å². The third kappa shape index (κ3) is 3.71. The summed E-state index contributed by atoms with van der Waals surface area (Å²) in [6.07, 6.45) is -0.289. The molecule has 0 aliphatic heterocycles. The number of carbonyl (C=O) groups is 1. The number of anilines is 1. The van der Waals surface area contributed by atoms with E-state index in [9.17, 15) is 18.7 Å². The molecule has 0 bridgehead atoms. The SMILES string of the molecule is Cc1cccc(OC(F)F)c1NC(=O)N[C@@H]1c2ccccc2C[C@@H]1O. The lowest BCUT2D eigenvalue weighted by atomic mass is 10.1. The van der Waals surface area contributed by atoms with Crippen molar-refractivity contribution >= 4 is 11.7 Å². The molecule has 2 amide bonds. The Morgan fingerprint density at radius 2 is 2.00 bits per heavy atom. The van der Waals surface area contributed by atoms with Gasteiger partial charge in [0.15, 0.2) is 0 Å². The predicted molar refractivity (Wildman–Crippen MR) is 88.9 cm³/mol. The summed E-state index contributed by atoms with van der Waals surface area (Å²) in [7, 11) is 0. The van der Waals surface area contributed by atoms with Gasteiger partial charge < -0.3 is 20.5 Å². The molecule has 0 saturated carbocycles. The van der Waals surface area contributed by atoms with E-state index in [1.807, 2.05) is 24.3 Å². The maximum atomic E-state index is 12.5. The highest BCUT2D eigenvalue weighted by Gasteiger charge is 2.32. The van der Waals surface area contributed by atoms with Crippen LogP contribution in [0.5, 0.6) is 5.75 Å². The van der Waals surface area contributed by atoms with Crippen LogP contribution in [0.25, 0.3) is 0 Å². The molecule has 132 valence electrons. The summed E-state index contributed by atoms with van der Waals surface area (Å²) >= 11 is 0. The van der Waals surface area contributed by atoms with Crippen LogP contribution in [0.15, 0.2) is 42.5 Å². The number of alkyl halides is 2. The van der Waals surface area contributed by atoms with Crippen LogP contribution in [0.4, 0.5) is 19.3 Å². The normalized spacial score (nSPS) is 18.8. The number of aliphatic hydroxyl groups is 1. The Labute approximate surface area is 143 Å². The number of rotatable bonds is 4. The minimum absolute atomic E-state index is 0.113. The summed E-state index contributed by atoms with van der Waals surface area (Å²) in [4.78, 5) is 12.3. The number of hydrogen-bond donors (Lipinski definition) is 3. The molecule has 0 saturated heterocycles. The van der Waals surface area contributed by atoms with E-state index in [0.29, 0.717) is 12.0 Å². The highest BCUT2D eigenvalue weighted by Crippen LogP contribution is 2.32. The third-order valence-electron chi connectivity index (χ3n) is 4.18. The monoisotopic (exact) mass is 348 g/mol. The van der Waals surface area contributed by atoms with E-state index in [2.05, 4.69) is 15.4 Å². The van der Waals surface area contributed by atoms with E-state index < -0.39 is 24.8 Å². The first-order chi connectivity index (χ1) is 12.0. The highest BCUT2D eigenvalue weighted by molar-refractivity contribution is 5.92. The van der Waals surface area contributed by atoms with Gasteiger partial charge in [0.1, 0.15) is 5.75 Å². The average Bonchev–Trinajstić information content (AvgIpc) is 2.86. The molecular formula is C18H18F2N2O3. The summed E-state index contributed by atoms with van der Waals surface area (Å²) < 4.78 is 29.5. The maximum absolute atomic E-state index is 12.5. The van der Waals surface area contributed by atoms with E-state index >= 15 is 0 Å². The second-order valence-electron chi connectivity index (χ2n) is 5.87. The van der Waals surface area contributed by atoms with Gasteiger partial charge in [-0.25, -0.2) is 4.79 Å². The molecule has 0 unspecified atom stereocenters. The molecule has 25 heavy (non-hydrogen) atoms. The number of hydrogen-bond acceptors (Lipinski definition) is 3. The highest BCUT2D eigenvalue weighted by atomic mass is 19.3. The number of ether oxygens (including phenoxy) is 1. The van der Waals surface area contributed by atoms with Crippen molar-refractivity contribution in [3.05, 3.63) is 59.2 Å². The summed E-state index contributed by atoms with van der Waals surface area (Å²) in [5, 5.41) is 15.4. The number of halogens is 2. The molecule has 2 aromatic carbocycles. The van der Waals surface area contributed by atoms with Gasteiger partial charge in [0.05, 0.1) is 17.8 Å². The number of benzene rings is 2. The lowest BCUT2D eigenvalue weighted by molar-refractivity contribution is -0.0493. The number of aliphatic hydroxyl groups excluding tert-OH is 1. The fourth-order valence-electron chi connectivity index (χ4n) is 3.03. The molecule has 3 N–H and O–H groups in total. The van der Waals surface area contributed by atoms with Crippen LogP contribution >= 0.6 is 0 Å². The van der Waals surface area contributed by atoms with Crippen molar-refractivity contribution in [3.8, 4) is 5.75 Å². The third-order valence-corrected chi connectivity index (χ3v) is 4.18. The van der Waals surface area contributed by atoms with E-state index in [1.54, 1.807) is 19.1 Å². The summed E-state index contributed by atoms with van der Waals surface area (Å²) in [6, 6.07) is 10.9. The van der Waals surface area contributed by atoms with Gasteiger partial charge in [0.25, 0.3) is 0 Å². The quantitative estimate of drug-likeness (QED) is 0.793. The van der Waals surface area contributed by atoms with Crippen molar-refractivity contribution in [1.82, 2.24) is 5.32 Å². The fraction of sp³-hybridized carbons (Fsp3) is 0.278. The Kier molecular flexibility index (Phi) is 4.85. The van der Waals surface area contributed by atoms with E-state index in [1.165, 1.54) is 6.07 Å². The van der Waals surface area contributed by atoms with Crippen molar-refractivity contribution < 1.29 is 23.4 Å². The van der Waals surface area contributed by atoms with Gasteiger partial charge in [0.2, 0.25) is 0 Å². The number of carbonyl (C=O) groups excluding carboxylic acids is 1. The Morgan fingerprint density at radius 1 is 1.24 bits per heavy atom. The van der Waals surface area contributed by atoms with Crippen LogP contribution in [0, 0.1) is 6.92 Å². The van der Waals surface area contributed by atoms with Gasteiger partial charge in [-0.3, -0.25) is 0 Å². The minimum atomic E-state index is -2.99. The van der Waals surface area contributed by atoms with Gasteiger partial charge in [-0.1, -0.05) is 36.4 Å². The van der Waals surface area contributed by atoms with Gasteiger partial charge in [0, 0.05) is 6.42 Å². The zero-order valence-corrected chi connectivity index (χ0v) is 13.5.